The van der Waals surface area contributed by atoms with Crippen LogP contribution in [0.4, 0.5) is 0 Å². The van der Waals surface area contributed by atoms with Crippen molar-refractivity contribution in [1.82, 2.24) is 10.6 Å². The zero-order chi connectivity index (χ0) is 19.1. The maximum atomic E-state index is 12.9. The summed E-state index contributed by atoms with van der Waals surface area (Å²) in [6.45, 7) is 2.60. The lowest BCUT2D eigenvalue weighted by atomic mass is 10.0. The molecule has 27 heavy (non-hydrogen) atoms. The first kappa shape index (κ1) is 18.5. The Hall–Kier alpha value is -3.34. The van der Waals surface area contributed by atoms with Crippen molar-refractivity contribution >= 4 is 28.7 Å². The van der Waals surface area contributed by atoms with E-state index in [2.05, 4.69) is 10.6 Å². The zero-order valence-electron chi connectivity index (χ0n) is 15.2. The third-order valence-electron chi connectivity index (χ3n) is 4.17. The molecule has 0 saturated carbocycles. The Bertz CT molecular complexity index is 953. The van der Waals surface area contributed by atoms with E-state index in [9.17, 15) is 9.59 Å². The van der Waals surface area contributed by atoms with Crippen molar-refractivity contribution in [3.05, 3.63) is 77.9 Å². The van der Waals surface area contributed by atoms with Crippen LogP contribution in [0.3, 0.4) is 0 Å². The minimum atomic E-state index is -0.339. The second kappa shape index (κ2) is 8.85. The van der Waals surface area contributed by atoms with E-state index in [4.69, 9.17) is 4.42 Å². The quantitative estimate of drug-likeness (QED) is 0.491. The van der Waals surface area contributed by atoms with Crippen LogP contribution >= 0.6 is 0 Å². The van der Waals surface area contributed by atoms with Crippen LogP contribution in [0, 0.1) is 0 Å². The summed E-state index contributed by atoms with van der Waals surface area (Å²) < 4.78 is 5.29. The third kappa shape index (κ3) is 4.64. The molecule has 0 aliphatic heterocycles. The van der Waals surface area contributed by atoms with Crippen molar-refractivity contribution in [3.8, 4) is 0 Å². The van der Waals surface area contributed by atoms with Gasteiger partial charge in [-0.25, -0.2) is 0 Å². The number of benzene rings is 2. The molecule has 0 bridgehead atoms. The van der Waals surface area contributed by atoms with Crippen LogP contribution in [0.15, 0.2) is 71.0 Å². The molecule has 0 saturated heterocycles. The van der Waals surface area contributed by atoms with Crippen LogP contribution in [0.25, 0.3) is 16.8 Å². The first-order chi connectivity index (χ1) is 13.2. The molecule has 0 aliphatic rings. The van der Waals surface area contributed by atoms with E-state index in [0.29, 0.717) is 17.9 Å². The monoisotopic (exact) mass is 362 g/mol. The molecule has 3 rings (SSSR count). The number of carbonyl (C=O) groups is 2. The van der Waals surface area contributed by atoms with E-state index >= 15 is 0 Å². The first-order valence-corrected chi connectivity index (χ1v) is 9.01. The van der Waals surface area contributed by atoms with Crippen molar-refractivity contribution in [3.63, 3.8) is 0 Å². The summed E-state index contributed by atoms with van der Waals surface area (Å²) in [5.74, 6) is -0.183. The first-order valence-electron chi connectivity index (χ1n) is 9.01. The molecule has 5 heteroatoms. The van der Waals surface area contributed by atoms with Gasteiger partial charge in [-0.3, -0.25) is 9.59 Å². The summed E-state index contributed by atoms with van der Waals surface area (Å²) in [6, 6.07) is 16.6. The Morgan fingerprint density at radius 1 is 1.04 bits per heavy atom. The van der Waals surface area contributed by atoms with Crippen molar-refractivity contribution < 1.29 is 14.0 Å². The van der Waals surface area contributed by atoms with Crippen molar-refractivity contribution in [1.29, 1.82) is 0 Å². The van der Waals surface area contributed by atoms with Crippen molar-refractivity contribution in [2.24, 2.45) is 0 Å². The molecule has 0 fully saturated rings. The number of furan rings is 1. The molecule has 2 N–H and O–H groups in total. The van der Waals surface area contributed by atoms with Gasteiger partial charge in [0.15, 0.2) is 0 Å². The van der Waals surface area contributed by atoms with Crippen LogP contribution in [0.5, 0.6) is 0 Å². The third-order valence-corrected chi connectivity index (χ3v) is 4.17. The van der Waals surface area contributed by atoms with Gasteiger partial charge in [-0.15, -0.1) is 0 Å². The van der Waals surface area contributed by atoms with Crippen LogP contribution in [-0.2, 0) is 4.79 Å². The van der Waals surface area contributed by atoms with Gasteiger partial charge in [0, 0.05) is 18.2 Å². The topological polar surface area (TPSA) is 71.3 Å². The fourth-order valence-corrected chi connectivity index (χ4v) is 2.76. The number of hydrogen-bond donors (Lipinski definition) is 2. The average Bonchev–Trinajstić information content (AvgIpc) is 3.20. The van der Waals surface area contributed by atoms with Gasteiger partial charge in [0.05, 0.1) is 6.26 Å². The number of nitrogens with one attached hydrogen (secondary N) is 2. The van der Waals surface area contributed by atoms with E-state index in [-0.39, 0.29) is 17.5 Å². The van der Waals surface area contributed by atoms with Gasteiger partial charge in [-0.1, -0.05) is 49.7 Å². The average molecular weight is 362 g/mol. The molecular formula is C22H22N2O3. The number of carbonyl (C=O) groups excluding carboxylic acids is 2. The fraction of sp³-hybridized carbons (Fsp3) is 0.182. The van der Waals surface area contributed by atoms with Gasteiger partial charge in [0.1, 0.15) is 11.5 Å². The summed E-state index contributed by atoms with van der Waals surface area (Å²) in [4.78, 5) is 25.4. The Kier molecular flexibility index (Phi) is 6.05. The molecule has 0 spiro atoms. The summed E-state index contributed by atoms with van der Waals surface area (Å²) in [6.07, 6.45) is 4.90. The highest BCUT2D eigenvalue weighted by Crippen LogP contribution is 2.19. The standard InChI is InChI=1S/C22H22N2O3/c1-2-3-13-23-22(26)20(15-17-10-7-14-27-17)24-21(25)19-12-6-9-16-8-4-5-11-18(16)19/h4-12,14-15H,2-3,13H2,1H3,(H,23,26)(H,24,25). The molecule has 138 valence electrons. The lowest BCUT2D eigenvalue weighted by Crippen LogP contribution is -2.35. The molecular weight excluding hydrogens is 340 g/mol. The number of rotatable bonds is 7. The fourth-order valence-electron chi connectivity index (χ4n) is 2.76. The number of fused-ring (bicyclic) bond motifs is 1. The smallest absolute Gasteiger partial charge is 0.267 e. The molecule has 0 aliphatic carbocycles. The van der Waals surface area contributed by atoms with Crippen molar-refractivity contribution in [2.75, 3.05) is 6.54 Å². The Labute approximate surface area is 158 Å². The minimum Gasteiger partial charge on any atom is -0.465 e. The molecule has 2 aromatic carbocycles. The second-order valence-electron chi connectivity index (χ2n) is 6.16. The molecule has 0 radical (unpaired) electrons. The van der Waals surface area contributed by atoms with E-state index in [1.165, 1.54) is 12.3 Å². The SMILES string of the molecule is CCCCNC(=O)C(=Cc1ccco1)NC(=O)c1cccc2ccccc12. The largest absolute Gasteiger partial charge is 0.465 e. The van der Waals surface area contributed by atoms with Crippen molar-refractivity contribution in [2.45, 2.75) is 19.8 Å². The highest BCUT2D eigenvalue weighted by atomic mass is 16.3. The summed E-state index contributed by atoms with van der Waals surface area (Å²) >= 11 is 0. The van der Waals surface area contributed by atoms with Gasteiger partial charge in [0.2, 0.25) is 0 Å². The molecule has 5 nitrogen and oxygen atoms in total. The number of hydrogen-bond acceptors (Lipinski definition) is 3. The summed E-state index contributed by atoms with van der Waals surface area (Å²) in [5.41, 5.74) is 0.666. The predicted octanol–water partition coefficient (Wildman–Crippen LogP) is 4.12. The molecule has 0 atom stereocenters. The Balaban J connectivity index is 1.86. The van der Waals surface area contributed by atoms with Crippen LogP contribution in [-0.4, -0.2) is 18.4 Å². The van der Waals surface area contributed by atoms with E-state index in [0.717, 1.165) is 23.6 Å². The molecule has 2 amide bonds. The Morgan fingerprint density at radius 3 is 2.63 bits per heavy atom. The number of unbranched alkanes of at least 4 members (excludes halogenated alkanes) is 1. The second-order valence-corrected chi connectivity index (χ2v) is 6.16. The van der Waals surface area contributed by atoms with Gasteiger partial charge >= 0.3 is 0 Å². The van der Waals surface area contributed by atoms with Gasteiger partial charge in [-0.05, 0) is 35.4 Å². The minimum absolute atomic E-state index is 0.152. The molecule has 0 unspecified atom stereocenters. The highest BCUT2D eigenvalue weighted by molar-refractivity contribution is 6.11. The number of amides is 2. The Morgan fingerprint density at radius 2 is 1.85 bits per heavy atom. The lowest BCUT2D eigenvalue weighted by molar-refractivity contribution is -0.117. The summed E-state index contributed by atoms with van der Waals surface area (Å²) in [7, 11) is 0. The maximum absolute atomic E-state index is 12.9. The molecule has 1 aromatic heterocycles. The van der Waals surface area contributed by atoms with Crippen LogP contribution in [0.2, 0.25) is 0 Å². The van der Waals surface area contributed by atoms with E-state index < -0.39 is 0 Å². The lowest BCUT2D eigenvalue weighted by Gasteiger charge is -2.12. The van der Waals surface area contributed by atoms with Crippen LogP contribution in [0.1, 0.15) is 35.9 Å². The van der Waals surface area contributed by atoms with E-state index in [1.54, 1.807) is 18.2 Å². The van der Waals surface area contributed by atoms with Gasteiger partial charge in [-0.2, -0.15) is 0 Å². The molecule has 3 aromatic rings. The van der Waals surface area contributed by atoms with Gasteiger partial charge < -0.3 is 15.1 Å². The van der Waals surface area contributed by atoms with Gasteiger partial charge in [0.25, 0.3) is 11.8 Å². The van der Waals surface area contributed by atoms with Crippen LogP contribution < -0.4 is 10.6 Å². The zero-order valence-corrected chi connectivity index (χ0v) is 15.2. The molecule has 1 heterocycles. The maximum Gasteiger partial charge on any atom is 0.267 e. The summed E-state index contributed by atoms with van der Waals surface area (Å²) in [5, 5.41) is 7.37. The predicted molar refractivity (Wildman–Crippen MR) is 106 cm³/mol. The van der Waals surface area contributed by atoms with E-state index in [1.807, 2.05) is 43.3 Å². The highest BCUT2D eigenvalue weighted by Gasteiger charge is 2.16. The normalized spacial score (nSPS) is 11.4.